The average molecular weight is 364 g/mol. The number of carbonyl (C=O) groups is 1. The summed E-state index contributed by atoms with van der Waals surface area (Å²) in [4.78, 5) is 11.5. The molecule has 3 aromatic rings. The van der Waals surface area contributed by atoms with E-state index in [1.165, 1.54) is 6.07 Å². The van der Waals surface area contributed by atoms with Gasteiger partial charge >= 0.3 is 0 Å². The number of nitrogens with one attached hydrogen (secondary N) is 1. The van der Waals surface area contributed by atoms with Gasteiger partial charge in [0.15, 0.2) is 0 Å². The Morgan fingerprint density at radius 1 is 1.00 bits per heavy atom. The number of fused-ring (bicyclic) bond motifs is 1. The van der Waals surface area contributed by atoms with Crippen LogP contribution < -0.4 is 4.72 Å². The first kappa shape index (κ1) is 17.8. The number of rotatable bonds is 6. The lowest BCUT2D eigenvalue weighted by Gasteiger charge is -2.14. The van der Waals surface area contributed by atoms with Gasteiger partial charge in [0.2, 0.25) is 10.0 Å². The highest BCUT2D eigenvalue weighted by atomic mass is 32.2. The van der Waals surface area contributed by atoms with E-state index < -0.39 is 16.1 Å². The SMILES string of the molecule is N#Cc1ccc(C[C@@H](C=O)NS(=O)(=O)c2ccc3ccccc3c2)cc1. The van der Waals surface area contributed by atoms with Crippen LogP contribution in [0, 0.1) is 11.3 Å². The first-order chi connectivity index (χ1) is 12.5. The van der Waals surface area contributed by atoms with Gasteiger partial charge in [-0.3, -0.25) is 0 Å². The Morgan fingerprint density at radius 2 is 1.69 bits per heavy atom. The molecule has 26 heavy (non-hydrogen) atoms. The highest BCUT2D eigenvalue weighted by Crippen LogP contribution is 2.19. The van der Waals surface area contributed by atoms with Crippen LogP contribution in [0.1, 0.15) is 11.1 Å². The van der Waals surface area contributed by atoms with Crippen LogP contribution in [0.25, 0.3) is 10.8 Å². The zero-order valence-corrected chi connectivity index (χ0v) is 14.6. The molecule has 0 aliphatic heterocycles. The van der Waals surface area contributed by atoms with Gasteiger partial charge in [0, 0.05) is 0 Å². The molecule has 0 aliphatic carbocycles. The van der Waals surface area contributed by atoms with Gasteiger partial charge in [0.05, 0.1) is 22.6 Å². The summed E-state index contributed by atoms with van der Waals surface area (Å²) in [5, 5.41) is 10.6. The maximum absolute atomic E-state index is 12.6. The molecule has 0 bridgehead atoms. The lowest BCUT2D eigenvalue weighted by molar-refractivity contribution is -0.109. The van der Waals surface area contributed by atoms with Crippen molar-refractivity contribution in [3.05, 3.63) is 77.9 Å². The van der Waals surface area contributed by atoms with Gasteiger partial charge in [-0.05, 0) is 47.0 Å². The zero-order chi connectivity index (χ0) is 18.6. The van der Waals surface area contributed by atoms with E-state index in [2.05, 4.69) is 4.72 Å². The fourth-order valence-corrected chi connectivity index (χ4v) is 3.89. The molecule has 0 aliphatic rings. The van der Waals surface area contributed by atoms with E-state index in [1.807, 2.05) is 30.3 Å². The van der Waals surface area contributed by atoms with Gasteiger partial charge in [-0.25, -0.2) is 13.1 Å². The second-order valence-electron chi connectivity index (χ2n) is 5.89. The molecule has 0 amide bonds. The van der Waals surface area contributed by atoms with E-state index in [-0.39, 0.29) is 11.3 Å². The van der Waals surface area contributed by atoms with Crippen molar-refractivity contribution in [2.75, 3.05) is 0 Å². The molecule has 0 saturated carbocycles. The van der Waals surface area contributed by atoms with Crippen LogP contribution in [0.2, 0.25) is 0 Å². The minimum absolute atomic E-state index is 0.114. The molecule has 3 rings (SSSR count). The Labute approximate surface area is 151 Å². The monoisotopic (exact) mass is 364 g/mol. The summed E-state index contributed by atoms with van der Waals surface area (Å²) in [6, 6.07) is 20.1. The third-order valence-corrected chi connectivity index (χ3v) is 5.53. The standard InChI is InChI=1S/C20H16N2O3S/c21-13-16-7-5-15(6-8-16)11-19(14-23)22-26(24,25)20-10-9-17-3-1-2-4-18(17)12-20/h1-10,12,14,19,22H,11H2/t19-/m0/s1. The van der Waals surface area contributed by atoms with E-state index in [0.29, 0.717) is 11.8 Å². The van der Waals surface area contributed by atoms with Gasteiger partial charge in [0.25, 0.3) is 0 Å². The van der Waals surface area contributed by atoms with Crippen LogP contribution in [0.5, 0.6) is 0 Å². The van der Waals surface area contributed by atoms with Gasteiger partial charge < -0.3 is 4.79 Å². The molecule has 0 spiro atoms. The normalized spacial score (nSPS) is 12.4. The summed E-state index contributed by atoms with van der Waals surface area (Å²) in [5.74, 6) is 0. The molecule has 6 heteroatoms. The predicted octanol–water partition coefficient (Wildman–Crippen LogP) is 2.80. The summed E-state index contributed by atoms with van der Waals surface area (Å²) in [5.41, 5.74) is 1.27. The quantitative estimate of drug-likeness (QED) is 0.681. The molecule has 0 heterocycles. The van der Waals surface area contributed by atoms with Crippen molar-refractivity contribution in [3.8, 4) is 6.07 Å². The molecule has 0 aromatic heterocycles. The van der Waals surface area contributed by atoms with Crippen molar-refractivity contribution in [1.29, 1.82) is 5.26 Å². The van der Waals surface area contributed by atoms with Crippen molar-refractivity contribution >= 4 is 27.1 Å². The first-order valence-corrected chi connectivity index (χ1v) is 9.45. The predicted molar refractivity (Wildman–Crippen MR) is 99.0 cm³/mol. The lowest BCUT2D eigenvalue weighted by atomic mass is 10.1. The van der Waals surface area contributed by atoms with Crippen molar-refractivity contribution < 1.29 is 13.2 Å². The number of sulfonamides is 1. The molecule has 130 valence electrons. The zero-order valence-electron chi connectivity index (χ0n) is 13.8. The van der Waals surface area contributed by atoms with Crippen molar-refractivity contribution in [2.45, 2.75) is 17.4 Å². The lowest BCUT2D eigenvalue weighted by Crippen LogP contribution is -2.37. The summed E-state index contributed by atoms with van der Waals surface area (Å²) in [7, 11) is -3.83. The van der Waals surface area contributed by atoms with Crippen molar-refractivity contribution in [3.63, 3.8) is 0 Å². The summed E-state index contributed by atoms with van der Waals surface area (Å²) < 4.78 is 27.7. The number of benzene rings is 3. The number of nitriles is 1. The number of hydrogen-bond acceptors (Lipinski definition) is 4. The summed E-state index contributed by atoms with van der Waals surface area (Å²) in [6.45, 7) is 0. The molecule has 0 fully saturated rings. The molecular weight excluding hydrogens is 348 g/mol. The van der Waals surface area contributed by atoms with Crippen LogP contribution >= 0.6 is 0 Å². The highest BCUT2D eigenvalue weighted by molar-refractivity contribution is 7.89. The second kappa shape index (κ2) is 7.48. The Morgan fingerprint density at radius 3 is 2.35 bits per heavy atom. The van der Waals surface area contributed by atoms with Crippen LogP contribution in [0.4, 0.5) is 0 Å². The smallest absolute Gasteiger partial charge is 0.241 e. The second-order valence-corrected chi connectivity index (χ2v) is 7.60. The Balaban J connectivity index is 1.81. The largest absolute Gasteiger partial charge is 0.302 e. The van der Waals surface area contributed by atoms with E-state index in [0.717, 1.165) is 16.3 Å². The van der Waals surface area contributed by atoms with Gasteiger partial charge in [-0.2, -0.15) is 5.26 Å². The van der Waals surface area contributed by atoms with Crippen LogP contribution in [-0.2, 0) is 21.2 Å². The Bertz CT molecular complexity index is 1080. The number of aldehydes is 1. The summed E-state index contributed by atoms with van der Waals surface area (Å²) in [6.07, 6.45) is 0.790. The fraction of sp³-hybridized carbons (Fsp3) is 0.100. The fourth-order valence-electron chi connectivity index (χ4n) is 2.69. The number of nitrogens with zero attached hydrogens (tertiary/aromatic N) is 1. The third-order valence-electron chi connectivity index (χ3n) is 4.04. The third kappa shape index (κ3) is 3.97. The van der Waals surface area contributed by atoms with Crippen molar-refractivity contribution in [2.24, 2.45) is 0 Å². The topological polar surface area (TPSA) is 87.0 Å². The minimum Gasteiger partial charge on any atom is -0.302 e. The molecule has 5 nitrogen and oxygen atoms in total. The molecule has 3 aromatic carbocycles. The molecule has 1 N–H and O–H groups in total. The number of carbonyl (C=O) groups excluding carboxylic acids is 1. The van der Waals surface area contributed by atoms with Gasteiger partial charge in [0.1, 0.15) is 6.29 Å². The molecular formula is C20H16N2O3S. The van der Waals surface area contributed by atoms with E-state index in [4.69, 9.17) is 5.26 Å². The van der Waals surface area contributed by atoms with E-state index in [9.17, 15) is 13.2 Å². The Kier molecular flexibility index (Phi) is 5.12. The molecule has 0 saturated heterocycles. The maximum atomic E-state index is 12.6. The number of hydrogen-bond donors (Lipinski definition) is 1. The van der Waals surface area contributed by atoms with Crippen LogP contribution in [-0.4, -0.2) is 20.7 Å². The van der Waals surface area contributed by atoms with E-state index >= 15 is 0 Å². The first-order valence-electron chi connectivity index (χ1n) is 7.97. The maximum Gasteiger partial charge on any atom is 0.241 e. The Hall–Kier alpha value is -3.01. The molecule has 0 radical (unpaired) electrons. The van der Waals surface area contributed by atoms with Crippen LogP contribution in [0.15, 0.2) is 71.6 Å². The van der Waals surface area contributed by atoms with Gasteiger partial charge in [-0.1, -0.05) is 42.5 Å². The van der Waals surface area contributed by atoms with Gasteiger partial charge in [-0.15, -0.1) is 0 Å². The minimum atomic E-state index is -3.83. The van der Waals surface area contributed by atoms with Crippen molar-refractivity contribution in [1.82, 2.24) is 4.72 Å². The summed E-state index contributed by atoms with van der Waals surface area (Å²) >= 11 is 0. The van der Waals surface area contributed by atoms with Crippen LogP contribution in [0.3, 0.4) is 0 Å². The highest BCUT2D eigenvalue weighted by Gasteiger charge is 2.20. The average Bonchev–Trinajstić information content (AvgIpc) is 2.67. The van der Waals surface area contributed by atoms with E-state index in [1.54, 1.807) is 36.4 Å². The molecule has 0 unspecified atom stereocenters. The molecule has 1 atom stereocenters.